The third kappa shape index (κ3) is 3.28. The number of ketones is 1. The summed E-state index contributed by atoms with van der Waals surface area (Å²) in [6, 6.07) is 12.1. The molecule has 1 saturated heterocycles. The highest BCUT2D eigenvalue weighted by Gasteiger charge is 2.48. The number of hydrogen-bond donors (Lipinski definition) is 1. The highest BCUT2D eigenvalue weighted by atomic mass is 16.7. The standard InChI is InChI=1S/C23H16N2O8/c1-12-5-7-17(33-12)20-19(21(26)13-3-2-4-15(9-13)25(29)30)22(27)23(28)24(20)14-6-8-16-18(10-14)32-11-31-16/h2-10,20,26H,11H2,1H3/b21-19-. The second-order valence-electron chi connectivity index (χ2n) is 7.46. The first-order valence-corrected chi connectivity index (χ1v) is 9.87. The van der Waals surface area contributed by atoms with Crippen LogP contribution in [0.1, 0.15) is 23.1 Å². The predicted molar refractivity (Wildman–Crippen MR) is 114 cm³/mol. The van der Waals surface area contributed by atoms with Crippen LogP contribution in [-0.2, 0) is 9.59 Å². The number of nitro groups is 1. The molecule has 1 aromatic heterocycles. The number of rotatable bonds is 4. The van der Waals surface area contributed by atoms with Crippen molar-refractivity contribution in [3.05, 3.63) is 87.4 Å². The molecule has 0 saturated carbocycles. The first-order chi connectivity index (χ1) is 15.8. The molecule has 0 radical (unpaired) electrons. The van der Waals surface area contributed by atoms with Gasteiger partial charge in [0.2, 0.25) is 6.79 Å². The van der Waals surface area contributed by atoms with Gasteiger partial charge in [-0.2, -0.15) is 0 Å². The van der Waals surface area contributed by atoms with Gasteiger partial charge in [0, 0.05) is 29.4 Å². The van der Waals surface area contributed by atoms with Gasteiger partial charge in [-0.05, 0) is 31.2 Å². The van der Waals surface area contributed by atoms with Crippen LogP contribution in [0.4, 0.5) is 11.4 Å². The number of carbonyl (C=O) groups is 2. The quantitative estimate of drug-likeness (QED) is 0.209. The monoisotopic (exact) mass is 448 g/mol. The lowest BCUT2D eigenvalue weighted by atomic mass is 9.99. The molecule has 1 fully saturated rings. The summed E-state index contributed by atoms with van der Waals surface area (Å²) in [6.07, 6.45) is 0. The van der Waals surface area contributed by atoms with Gasteiger partial charge in [-0.15, -0.1) is 0 Å². The van der Waals surface area contributed by atoms with E-state index >= 15 is 0 Å². The second-order valence-corrected chi connectivity index (χ2v) is 7.46. The van der Waals surface area contributed by atoms with Gasteiger partial charge in [0.1, 0.15) is 23.3 Å². The van der Waals surface area contributed by atoms with Crippen LogP contribution in [-0.4, -0.2) is 28.5 Å². The minimum Gasteiger partial charge on any atom is -0.507 e. The van der Waals surface area contributed by atoms with Crippen molar-refractivity contribution in [3.8, 4) is 11.5 Å². The Morgan fingerprint density at radius 3 is 2.61 bits per heavy atom. The minimum absolute atomic E-state index is 0.0289. The highest BCUT2D eigenvalue weighted by molar-refractivity contribution is 6.51. The first kappa shape index (κ1) is 20.3. The lowest BCUT2D eigenvalue weighted by molar-refractivity contribution is -0.384. The van der Waals surface area contributed by atoms with Gasteiger partial charge in [-0.25, -0.2) is 0 Å². The number of Topliss-reactive ketones (excluding diaryl/α,β-unsaturated/α-hetero) is 1. The maximum atomic E-state index is 13.1. The Hall–Kier alpha value is -4.60. The summed E-state index contributed by atoms with van der Waals surface area (Å²) in [5, 5.41) is 22.2. The lowest BCUT2D eigenvalue weighted by Crippen LogP contribution is -2.29. The van der Waals surface area contributed by atoms with Crippen molar-refractivity contribution < 1.29 is 33.5 Å². The molecule has 5 rings (SSSR count). The summed E-state index contributed by atoms with van der Waals surface area (Å²) in [7, 11) is 0. The van der Waals surface area contributed by atoms with Gasteiger partial charge in [-0.3, -0.25) is 24.6 Å². The molecule has 33 heavy (non-hydrogen) atoms. The van der Waals surface area contributed by atoms with Crippen LogP contribution in [0.3, 0.4) is 0 Å². The number of furan rings is 1. The summed E-state index contributed by atoms with van der Waals surface area (Å²) in [6.45, 7) is 1.74. The van der Waals surface area contributed by atoms with Crippen molar-refractivity contribution in [1.29, 1.82) is 0 Å². The van der Waals surface area contributed by atoms with E-state index in [-0.39, 0.29) is 29.4 Å². The maximum absolute atomic E-state index is 13.1. The molecule has 0 bridgehead atoms. The first-order valence-electron chi connectivity index (χ1n) is 9.87. The van der Waals surface area contributed by atoms with Crippen molar-refractivity contribution in [2.75, 3.05) is 11.7 Å². The fraction of sp³-hybridized carbons (Fsp3) is 0.130. The Balaban J connectivity index is 1.70. The smallest absolute Gasteiger partial charge is 0.300 e. The van der Waals surface area contributed by atoms with E-state index < -0.39 is 28.4 Å². The van der Waals surface area contributed by atoms with Crippen molar-refractivity contribution in [2.24, 2.45) is 0 Å². The van der Waals surface area contributed by atoms with Gasteiger partial charge in [-0.1, -0.05) is 12.1 Å². The molecular weight excluding hydrogens is 432 g/mol. The number of benzene rings is 2. The van der Waals surface area contributed by atoms with Gasteiger partial charge in [0.05, 0.1) is 10.5 Å². The normalized spacial score (nSPS) is 18.7. The Morgan fingerprint density at radius 2 is 1.88 bits per heavy atom. The molecule has 0 aliphatic carbocycles. The third-order valence-electron chi connectivity index (χ3n) is 5.44. The second kappa shape index (κ2) is 7.52. The molecule has 10 heteroatoms. The highest BCUT2D eigenvalue weighted by Crippen LogP contribution is 2.45. The molecule has 0 spiro atoms. The average molecular weight is 448 g/mol. The Morgan fingerprint density at radius 1 is 1.09 bits per heavy atom. The number of amides is 1. The number of fused-ring (bicyclic) bond motifs is 1. The number of aliphatic hydroxyl groups is 1. The Bertz CT molecular complexity index is 1360. The number of aryl methyl sites for hydroxylation is 1. The number of nitro benzene ring substituents is 1. The fourth-order valence-electron chi connectivity index (χ4n) is 3.93. The molecule has 166 valence electrons. The molecule has 2 aliphatic rings. The van der Waals surface area contributed by atoms with E-state index in [1.54, 1.807) is 37.3 Å². The number of carbonyl (C=O) groups excluding carboxylic acids is 2. The molecule has 1 N–H and O–H groups in total. The van der Waals surface area contributed by atoms with Gasteiger partial charge < -0.3 is 19.0 Å². The van der Waals surface area contributed by atoms with Crippen LogP contribution in [0.2, 0.25) is 0 Å². The Labute approximate surface area is 186 Å². The van der Waals surface area contributed by atoms with E-state index in [1.807, 2.05) is 0 Å². The SMILES string of the molecule is Cc1ccc(C2/C(=C(/O)c3cccc([N+](=O)[O-])c3)C(=O)C(=O)N2c2ccc3c(c2)OCO3)o1. The zero-order valence-electron chi connectivity index (χ0n) is 17.2. The minimum atomic E-state index is -1.10. The lowest BCUT2D eigenvalue weighted by Gasteiger charge is -2.23. The zero-order chi connectivity index (χ0) is 23.3. The Kier molecular flexibility index (Phi) is 4.63. The summed E-state index contributed by atoms with van der Waals surface area (Å²) in [5.41, 5.74) is -0.151. The molecule has 1 atom stereocenters. The van der Waals surface area contributed by atoms with Crippen LogP contribution in [0.15, 0.2) is 64.6 Å². The molecular formula is C23H16N2O8. The van der Waals surface area contributed by atoms with E-state index in [2.05, 4.69) is 0 Å². The number of aliphatic hydroxyl groups excluding tert-OH is 1. The van der Waals surface area contributed by atoms with Crippen LogP contribution >= 0.6 is 0 Å². The van der Waals surface area contributed by atoms with Crippen LogP contribution < -0.4 is 14.4 Å². The van der Waals surface area contributed by atoms with Gasteiger partial charge in [0.25, 0.3) is 17.4 Å². The van der Waals surface area contributed by atoms with Gasteiger partial charge in [0.15, 0.2) is 11.5 Å². The molecule has 3 heterocycles. The zero-order valence-corrected chi connectivity index (χ0v) is 17.2. The number of hydrogen-bond acceptors (Lipinski definition) is 8. The van der Waals surface area contributed by atoms with E-state index in [0.717, 1.165) is 6.07 Å². The maximum Gasteiger partial charge on any atom is 0.300 e. The van der Waals surface area contributed by atoms with E-state index in [1.165, 1.54) is 23.1 Å². The van der Waals surface area contributed by atoms with Crippen LogP contribution in [0, 0.1) is 17.0 Å². The van der Waals surface area contributed by atoms with Gasteiger partial charge >= 0.3 is 0 Å². The van der Waals surface area contributed by atoms with Crippen molar-refractivity contribution in [1.82, 2.24) is 0 Å². The van der Waals surface area contributed by atoms with Crippen LogP contribution in [0.5, 0.6) is 11.5 Å². The number of anilines is 1. The third-order valence-corrected chi connectivity index (χ3v) is 5.44. The molecule has 3 aromatic rings. The molecule has 2 aromatic carbocycles. The van der Waals surface area contributed by atoms with Crippen molar-refractivity contribution in [3.63, 3.8) is 0 Å². The topological polar surface area (TPSA) is 132 Å². The number of non-ortho nitro benzene ring substituents is 1. The molecule has 1 amide bonds. The van der Waals surface area contributed by atoms with E-state index in [9.17, 15) is 24.8 Å². The summed E-state index contributed by atoms with van der Waals surface area (Å²) in [4.78, 5) is 38.0. The fourth-order valence-corrected chi connectivity index (χ4v) is 3.93. The average Bonchev–Trinajstić information content (AvgIpc) is 3.51. The van der Waals surface area contributed by atoms with Crippen LogP contribution in [0.25, 0.3) is 5.76 Å². The number of ether oxygens (including phenoxy) is 2. The largest absolute Gasteiger partial charge is 0.507 e. The number of nitrogens with zero attached hydrogens (tertiary/aromatic N) is 2. The van der Waals surface area contributed by atoms with Crippen molar-refractivity contribution in [2.45, 2.75) is 13.0 Å². The molecule has 10 nitrogen and oxygen atoms in total. The van der Waals surface area contributed by atoms with E-state index in [0.29, 0.717) is 22.9 Å². The summed E-state index contributed by atoms with van der Waals surface area (Å²) >= 11 is 0. The molecule has 1 unspecified atom stereocenters. The predicted octanol–water partition coefficient (Wildman–Crippen LogP) is 3.85. The summed E-state index contributed by atoms with van der Waals surface area (Å²) in [5.74, 6) is -0.692. The van der Waals surface area contributed by atoms with Crippen molar-refractivity contribution >= 4 is 28.8 Å². The summed E-state index contributed by atoms with van der Waals surface area (Å²) < 4.78 is 16.4. The van der Waals surface area contributed by atoms with E-state index in [4.69, 9.17) is 13.9 Å². The molecule has 2 aliphatic heterocycles.